The number of allylic oxidation sites excluding steroid dienone is 4. The molecule has 0 aromatic carbocycles. The van der Waals surface area contributed by atoms with E-state index in [4.69, 9.17) is 0 Å². The molecule has 1 aliphatic heterocycles. The first kappa shape index (κ1) is 9.31. The van der Waals surface area contributed by atoms with Gasteiger partial charge in [-0.15, -0.1) is 0 Å². The maximum absolute atomic E-state index is 4.67. The van der Waals surface area contributed by atoms with Crippen molar-refractivity contribution in [2.24, 2.45) is 4.99 Å². The molecule has 0 aromatic heterocycles. The summed E-state index contributed by atoms with van der Waals surface area (Å²) in [6, 6.07) is 0. The van der Waals surface area contributed by atoms with Crippen LogP contribution in [0.1, 0.15) is 25.7 Å². The van der Waals surface area contributed by atoms with E-state index in [-0.39, 0.29) is 6.29 Å². The van der Waals surface area contributed by atoms with E-state index >= 15 is 0 Å². The topological polar surface area (TPSA) is 36.4 Å². The Morgan fingerprint density at radius 1 is 1.13 bits per heavy atom. The second-order valence-electron chi connectivity index (χ2n) is 4.42. The Bertz CT molecular complexity index is 346. The first-order valence-electron chi connectivity index (χ1n) is 5.84. The smallest absolute Gasteiger partial charge is 0.153 e. The summed E-state index contributed by atoms with van der Waals surface area (Å²) in [6.45, 7) is 2.05. The van der Waals surface area contributed by atoms with Crippen molar-refractivity contribution in [1.82, 2.24) is 10.6 Å². The molecule has 0 amide bonds. The maximum atomic E-state index is 4.67. The molecular weight excluding hydrogens is 186 g/mol. The first-order chi connectivity index (χ1) is 7.42. The number of hydrogen-bond donors (Lipinski definition) is 2. The molecule has 0 aromatic rings. The summed E-state index contributed by atoms with van der Waals surface area (Å²) >= 11 is 0. The summed E-state index contributed by atoms with van der Waals surface area (Å²) in [5, 5.41) is 6.63. The third kappa shape index (κ3) is 1.90. The molecule has 0 radical (unpaired) electrons. The Labute approximate surface area is 90.4 Å². The van der Waals surface area contributed by atoms with Gasteiger partial charge in [0.05, 0.1) is 0 Å². The molecule has 0 spiro atoms. The summed E-state index contributed by atoms with van der Waals surface area (Å²) in [7, 11) is 0. The third-order valence-corrected chi connectivity index (χ3v) is 3.35. The number of rotatable bonds is 1. The van der Waals surface area contributed by atoms with Gasteiger partial charge in [-0.2, -0.15) is 0 Å². The van der Waals surface area contributed by atoms with Crippen LogP contribution in [-0.2, 0) is 0 Å². The van der Waals surface area contributed by atoms with Crippen LogP contribution in [0.2, 0.25) is 0 Å². The molecule has 80 valence electrons. The molecular formula is C12H17N3. The predicted octanol–water partition coefficient (Wildman–Crippen LogP) is 1.34. The van der Waals surface area contributed by atoms with Crippen LogP contribution in [0.5, 0.6) is 0 Å². The van der Waals surface area contributed by atoms with Crippen molar-refractivity contribution in [2.75, 3.05) is 13.1 Å². The fourth-order valence-corrected chi connectivity index (χ4v) is 2.54. The van der Waals surface area contributed by atoms with Gasteiger partial charge in [0.1, 0.15) is 0 Å². The SMILES string of the molecule is C1=C/C(=N/C2NCCN2)CC2=C1CCC2. The average molecular weight is 203 g/mol. The minimum atomic E-state index is 0.146. The summed E-state index contributed by atoms with van der Waals surface area (Å²) in [5.41, 5.74) is 4.41. The van der Waals surface area contributed by atoms with Crippen molar-refractivity contribution in [3.63, 3.8) is 0 Å². The lowest BCUT2D eigenvalue weighted by molar-refractivity contribution is 0.580. The van der Waals surface area contributed by atoms with Gasteiger partial charge < -0.3 is 0 Å². The molecule has 1 heterocycles. The summed E-state index contributed by atoms with van der Waals surface area (Å²) in [6.07, 6.45) is 9.57. The van der Waals surface area contributed by atoms with Gasteiger partial charge in [0.15, 0.2) is 6.29 Å². The highest BCUT2D eigenvalue weighted by molar-refractivity contribution is 5.98. The largest absolute Gasteiger partial charge is 0.282 e. The minimum Gasteiger partial charge on any atom is -0.282 e. The van der Waals surface area contributed by atoms with Gasteiger partial charge in [-0.1, -0.05) is 11.6 Å². The van der Waals surface area contributed by atoms with Crippen molar-refractivity contribution in [1.29, 1.82) is 0 Å². The molecule has 3 aliphatic rings. The van der Waals surface area contributed by atoms with Crippen LogP contribution in [0.25, 0.3) is 0 Å². The monoisotopic (exact) mass is 203 g/mol. The lowest BCUT2D eigenvalue weighted by Crippen LogP contribution is -2.29. The third-order valence-electron chi connectivity index (χ3n) is 3.35. The zero-order chi connectivity index (χ0) is 10.1. The van der Waals surface area contributed by atoms with E-state index in [1.807, 2.05) is 0 Å². The molecule has 0 saturated carbocycles. The second-order valence-corrected chi connectivity index (χ2v) is 4.42. The number of nitrogens with zero attached hydrogens (tertiary/aromatic N) is 1. The van der Waals surface area contributed by atoms with E-state index in [0.717, 1.165) is 19.5 Å². The molecule has 15 heavy (non-hydrogen) atoms. The lowest BCUT2D eigenvalue weighted by Gasteiger charge is -2.13. The Morgan fingerprint density at radius 2 is 2.00 bits per heavy atom. The highest BCUT2D eigenvalue weighted by atomic mass is 15.3. The standard InChI is InChI=1S/C12H17N3/c1-2-9-4-5-11(8-10(9)3-1)15-12-13-6-7-14-12/h4-5,12-14H,1-3,6-8H2/b15-11-. The molecule has 0 atom stereocenters. The molecule has 1 fully saturated rings. The van der Waals surface area contributed by atoms with Crippen LogP contribution in [0.15, 0.2) is 28.3 Å². The molecule has 3 nitrogen and oxygen atoms in total. The van der Waals surface area contributed by atoms with Crippen molar-refractivity contribution in [3.05, 3.63) is 23.3 Å². The first-order valence-corrected chi connectivity index (χ1v) is 5.84. The van der Waals surface area contributed by atoms with E-state index in [1.165, 1.54) is 25.0 Å². The summed E-state index contributed by atoms with van der Waals surface area (Å²) in [5.74, 6) is 0. The fraction of sp³-hybridized carbons (Fsp3) is 0.583. The molecule has 1 saturated heterocycles. The number of aliphatic imine (C=N–C) groups is 1. The lowest BCUT2D eigenvalue weighted by atomic mass is 9.99. The fourth-order valence-electron chi connectivity index (χ4n) is 2.54. The van der Waals surface area contributed by atoms with Crippen molar-refractivity contribution >= 4 is 5.71 Å². The van der Waals surface area contributed by atoms with Gasteiger partial charge in [0.25, 0.3) is 0 Å². The number of nitrogens with one attached hydrogen (secondary N) is 2. The Balaban J connectivity index is 1.72. The molecule has 3 rings (SSSR count). The minimum absolute atomic E-state index is 0.146. The van der Waals surface area contributed by atoms with Crippen LogP contribution in [-0.4, -0.2) is 25.1 Å². The highest BCUT2D eigenvalue weighted by Gasteiger charge is 2.18. The van der Waals surface area contributed by atoms with Crippen LogP contribution >= 0.6 is 0 Å². The van der Waals surface area contributed by atoms with Crippen LogP contribution in [0.4, 0.5) is 0 Å². The quantitative estimate of drug-likeness (QED) is 0.675. The highest BCUT2D eigenvalue weighted by Crippen LogP contribution is 2.32. The normalized spacial score (nSPS) is 29.2. The van der Waals surface area contributed by atoms with E-state index in [9.17, 15) is 0 Å². The van der Waals surface area contributed by atoms with Crippen molar-refractivity contribution in [3.8, 4) is 0 Å². The zero-order valence-electron chi connectivity index (χ0n) is 8.92. The van der Waals surface area contributed by atoms with E-state index in [2.05, 4.69) is 27.8 Å². The van der Waals surface area contributed by atoms with E-state index < -0.39 is 0 Å². The molecule has 0 unspecified atom stereocenters. The summed E-state index contributed by atoms with van der Waals surface area (Å²) in [4.78, 5) is 4.67. The summed E-state index contributed by atoms with van der Waals surface area (Å²) < 4.78 is 0. The molecule has 3 heteroatoms. The van der Waals surface area contributed by atoms with Crippen LogP contribution < -0.4 is 10.6 Å². The average Bonchev–Trinajstić information content (AvgIpc) is 2.87. The Morgan fingerprint density at radius 3 is 2.87 bits per heavy atom. The Hall–Kier alpha value is -0.930. The van der Waals surface area contributed by atoms with Crippen molar-refractivity contribution < 1.29 is 0 Å². The van der Waals surface area contributed by atoms with Gasteiger partial charge in [-0.25, -0.2) is 0 Å². The molecule has 0 bridgehead atoms. The molecule has 2 N–H and O–H groups in total. The van der Waals surface area contributed by atoms with Gasteiger partial charge in [0.2, 0.25) is 0 Å². The van der Waals surface area contributed by atoms with Gasteiger partial charge >= 0.3 is 0 Å². The van der Waals surface area contributed by atoms with E-state index in [1.54, 1.807) is 11.1 Å². The van der Waals surface area contributed by atoms with Gasteiger partial charge in [0, 0.05) is 25.2 Å². The predicted molar refractivity (Wildman–Crippen MR) is 61.9 cm³/mol. The van der Waals surface area contributed by atoms with E-state index in [0.29, 0.717) is 0 Å². The van der Waals surface area contributed by atoms with Gasteiger partial charge in [-0.3, -0.25) is 15.6 Å². The van der Waals surface area contributed by atoms with Crippen LogP contribution in [0, 0.1) is 0 Å². The number of hydrogen-bond acceptors (Lipinski definition) is 3. The Kier molecular flexibility index (Phi) is 2.43. The van der Waals surface area contributed by atoms with Crippen molar-refractivity contribution in [2.45, 2.75) is 32.0 Å². The van der Waals surface area contributed by atoms with Gasteiger partial charge in [-0.05, 0) is 30.9 Å². The molecule has 2 aliphatic carbocycles. The zero-order valence-corrected chi connectivity index (χ0v) is 8.92. The second kappa shape index (κ2) is 3.91. The van der Waals surface area contributed by atoms with Crippen LogP contribution in [0.3, 0.4) is 0 Å². The maximum Gasteiger partial charge on any atom is 0.153 e.